The molecule has 1 aromatic heterocycles. The third-order valence-corrected chi connectivity index (χ3v) is 4.22. The zero-order chi connectivity index (χ0) is 16.3. The molecule has 116 valence electrons. The number of hydrogen-bond acceptors (Lipinski definition) is 2. The van der Waals surface area contributed by atoms with Crippen molar-refractivity contribution in [2.24, 2.45) is 7.05 Å². The Kier molecular flexibility index (Phi) is 4.41. The van der Waals surface area contributed by atoms with Crippen LogP contribution in [0.15, 0.2) is 29.1 Å². The van der Waals surface area contributed by atoms with Gasteiger partial charge in [-0.15, -0.1) is 6.42 Å². The van der Waals surface area contributed by atoms with E-state index in [1.807, 2.05) is 38.1 Å². The lowest BCUT2D eigenvalue weighted by atomic mass is 9.94. The first-order valence-electron chi connectivity index (χ1n) is 7.41. The Morgan fingerprint density at radius 1 is 1.27 bits per heavy atom. The van der Waals surface area contributed by atoms with Gasteiger partial charge >= 0.3 is 5.69 Å². The van der Waals surface area contributed by atoms with E-state index in [4.69, 9.17) is 6.42 Å². The van der Waals surface area contributed by atoms with Crippen molar-refractivity contribution >= 4 is 16.9 Å². The monoisotopic (exact) mass is 299 g/mol. The maximum Gasteiger partial charge on any atom is 0.329 e. The summed E-state index contributed by atoms with van der Waals surface area (Å²) in [6.07, 6.45) is 6.86. The van der Waals surface area contributed by atoms with Crippen LogP contribution in [0.3, 0.4) is 0 Å². The molecule has 0 fully saturated rings. The molecule has 2 aromatic rings. The molecule has 0 aliphatic carbocycles. The van der Waals surface area contributed by atoms with Crippen molar-refractivity contribution in [3.8, 4) is 12.3 Å². The third kappa shape index (κ3) is 2.64. The van der Waals surface area contributed by atoms with Crippen molar-refractivity contribution in [3.63, 3.8) is 0 Å². The molecule has 0 aliphatic heterocycles. The standard InChI is InChI=1S/C17H21N3O2/c1-5-17(6-2,7-3)18-15(21)12-20-14-11-9-8-10-13(14)19(4)16(20)22/h1,8-11H,6-7,12H2,2-4H3,(H,18,21). The number of amides is 1. The Bertz CT molecular complexity index is 788. The molecule has 5 heteroatoms. The molecular formula is C17H21N3O2. The molecule has 0 saturated heterocycles. The second-order valence-electron chi connectivity index (χ2n) is 5.40. The second kappa shape index (κ2) is 6.10. The predicted molar refractivity (Wildman–Crippen MR) is 87.5 cm³/mol. The quantitative estimate of drug-likeness (QED) is 0.854. The summed E-state index contributed by atoms with van der Waals surface area (Å²) < 4.78 is 3.01. The van der Waals surface area contributed by atoms with E-state index in [1.54, 1.807) is 7.05 Å². The topological polar surface area (TPSA) is 56.0 Å². The minimum atomic E-state index is -0.648. The minimum absolute atomic E-state index is 0.0381. The summed E-state index contributed by atoms with van der Waals surface area (Å²) >= 11 is 0. The van der Waals surface area contributed by atoms with Gasteiger partial charge in [0.2, 0.25) is 5.91 Å². The number of carbonyl (C=O) groups is 1. The molecule has 2 rings (SSSR count). The highest BCUT2D eigenvalue weighted by Gasteiger charge is 2.26. The number of nitrogens with one attached hydrogen (secondary N) is 1. The van der Waals surface area contributed by atoms with E-state index < -0.39 is 5.54 Å². The average molecular weight is 299 g/mol. The van der Waals surface area contributed by atoms with Crippen LogP contribution in [0.4, 0.5) is 0 Å². The van der Waals surface area contributed by atoms with Crippen LogP contribution in [0.1, 0.15) is 26.7 Å². The van der Waals surface area contributed by atoms with Crippen molar-refractivity contribution in [2.75, 3.05) is 0 Å². The molecule has 0 bridgehead atoms. The molecule has 0 unspecified atom stereocenters. The SMILES string of the molecule is C#CC(CC)(CC)NC(=O)Cn1c(=O)n(C)c2ccccc21. The van der Waals surface area contributed by atoms with Crippen LogP contribution in [0.2, 0.25) is 0 Å². The fraction of sp³-hybridized carbons (Fsp3) is 0.412. The van der Waals surface area contributed by atoms with E-state index in [-0.39, 0.29) is 18.1 Å². The van der Waals surface area contributed by atoms with E-state index >= 15 is 0 Å². The minimum Gasteiger partial charge on any atom is -0.338 e. The van der Waals surface area contributed by atoms with Crippen molar-refractivity contribution in [2.45, 2.75) is 38.8 Å². The molecule has 0 atom stereocenters. The summed E-state index contributed by atoms with van der Waals surface area (Å²) in [5.74, 6) is 2.41. The Morgan fingerprint density at radius 3 is 2.41 bits per heavy atom. The van der Waals surface area contributed by atoms with Crippen molar-refractivity contribution < 1.29 is 4.79 Å². The van der Waals surface area contributed by atoms with E-state index in [2.05, 4.69) is 11.2 Å². The lowest BCUT2D eigenvalue weighted by Crippen LogP contribution is -2.48. The number of carbonyl (C=O) groups excluding carboxylic acids is 1. The van der Waals surface area contributed by atoms with Gasteiger partial charge in [-0.05, 0) is 25.0 Å². The maximum absolute atomic E-state index is 12.3. The van der Waals surface area contributed by atoms with Crippen molar-refractivity contribution in [1.29, 1.82) is 0 Å². The third-order valence-electron chi connectivity index (χ3n) is 4.22. The van der Waals surface area contributed by atoms with Gasteiger partial charge in [0, 0.05) is 7.05 Å². The Morgan fingerprint density at radius 2 is 1.86 bits per heavy atom. The molecular weight excluding hydrogens is 278 g/mol. The Hall–Kier alpha value is -2.48. The number of benzene rings is 1. The number of imidazole rings is 1. The van der Waals surface area contributed by atoms with Gasteiger partial charge in [0.25, 0.3) is 0 Å². The summed E-state index contributed by atoms with van der Waals surface area (Å²) in [5.41, 5.74) is 0.681. The highest BCUT2D eigenvalue weighted by molar-refractivity contribution is 5.81. The first-order chi connectivity index (χ1) is 10.5. The molecule has 1 amide bonds. The van der Waals surface area contributed by atoms with E-state index in [1.165, 1.54) is 9.13 Å². The highest BCUT2D eigenvalue weighted by Crippen LogP contribution is 2.14. The molecule has 0 spiro atoms. The van der Waals surface area contributed by atoms with Crippen LogP contribution in [0.25, 0.3) is 11.0 Å². The van der Waals surface area contributed by atoms with Gasteiger partial charge < -0.3 is 5.32 Å². The molecule has 1 N–H and O–H groups in total. The van der Waals surface area contributed by atoms with Gasteiger partial charge in [-0.25, -0.2) is 4.79 Å². The highest BCUT2D eigenvalue weighted by atomic mass is 16.2. The lowest BCUT2D eigenvalue weighted by Gasteiger charge is -2.27. The number of rotatable bonds is 5. The summed E-state index contributed by atoms with van der Waals surface area (Å²) in [6.45, 7) is 3.84. The second-order valence-corrected chi connectivity index (χ2v) is 5.40. The molecule has 22 heavy (non-hydrogen) atoms. The fourth-order valence-electron chi connectivity index (χ4n) is 2.63. The number of nitrogens with zero attached hydrogens (tertiary/aromatic N) is 2. The summed E-state index contributed by atoms with van der Waals surface area (Å²) in [4.78, 5) is 24.6. The van der Waals surface area contributed by atoms with E-state index in [0.29, 0.717) is 12.8 Å². The van der Waals surface area contributed by atoms with Gasteiger partial charge in [-0.1, -0.05) is 31.9 Å². The zero-order valence-corrected chi connectivity index (χ0v) is 13.2. The Balaban J connectivity index is 2.33. The number of fused-ring (bicyclic) bond motifs is 1. The first kappa shape index (κ1) is 15.9. The number of aryl methyl sites for hydroxylation is 1. The predicted octanol–water partition coefficient (Wildman–Crippen LogP) is 1.65. The average Bonchev–Trinajstić information content (AvgIpc) is 2.78. The zero-order valence-electron chi connectivity index (χ0n) is 13.2. The van der Waals surface area contributed by atoms with Crippen LogP contribution >= 0.6 is 0 Å². The number of para-hydroxylation sites is 2. The van der Waals surface area contributed by atoms with Gasteiger partial charge in [0.1, 0.15) is 12.1 Å². The smallest absolute Gasteiger partial charge is 0.329 e. The van der Waals surface area contributed by atoms with Crippen LogP contribution in [-0.4, -0.2) is 20.6 Å². The molecule has 1 heterocycles. The van der Waals surface area contributed by atoms with Crippen LogP contribution in [0.5, 0.6) is 0 Å². The summed E-state index contributed by atoms with van der Waals surface area (Å²) in [5, 5.41) is 2.89. The number of hydrogen-bond donors (Lipinski definition) is 1. The van der Waals surface area contributed by atoms with Crippen LogP contribution < -0.4 is 11.0 Å². The lowest BCUT2D eigenvalue weighted by molar-refractivity contribution is -0.123. The molecule has 5 nitrogen and oxygen atoms in total. The van der Waals surface area contributed by atoms with Gasteiger partial charge in [0.05, 0.1) is 11.0 Å². The van der Waals surface area contributed by atoms with E-state index in [0.717, 1.165) is 11.0 Å². The maximum atomic E-state index is 12.3. The summed E-state index contributed by atoms with van der Waals surface area (Å²) in [6, 6.07) is 7.40. The van der Waals surface area contributed by atoms with Crippen molar-refractivity contribution in [3.05, 3.63) is 34.7 Å². The molecule has 0 radical (unpaired) electrons. The van der Waals surface area contributed by atoms with Gasteiger partial charge in [-0.3, -0.25) is 13.9 Å². The first-order valence-corrected chi connectivity index (χ1v) is 7.41. The van der Waals surface area contributed by atoms with Gasteiger partial charge in [0.15, 0.2) is 0 Å². The Labute approximate surface area is 129 Å². The van der Waals surface area contributed by atoms with Crippen molar-refractivity contribution in [1.82, 2.24) is 14.5 Å². The molecule has 1 aromatic carbocycles. The molecule has 0 aliphatic rings. The van der Waals surface area contributed by atoms with Crippen LogP contribution in [-0.2, 0) is 18.4 Å². The summed E-state index contributed by atoms with van der Waals surface area (Å²) in [7, 11) is 1.70. The van der Waals surface area contributed by atoms with E-state index in [9.17, 15) is 9.59 Å². The van der Waals surface area contributed by atoms with Crippen LogP contribution in [0, 0.1) is 12.3 Å². The fourth-order valence-corrected chi connectivity index (χ4v) is 2.63. The largest absolute Gasteiger partial charge is 0.338 e. The number of terminal acetylenes is 1. The van der Waals surface area contributed by atoms with Gasteiger partial charge in [-0.2, -0.15) is 0 Å². The normalized spacial score (nSPS) is 11.4. The molecule has 0 saturated carbocycles. The number of aromatic nitrogens is 2.